The van der Waals surface area contributed by atoms with Gasteiger partial charge in [-0.1, -0.05) is 12.1 Å². The molecule has 2 heterocycles. The van der Waals surface area contributed by atoms with E-state index in [-0.39, 0.29) is 11.3 Å². The Morgan fingerprint density at radius 3 is 2.69 bits per heavy atom. The Bertz CT molecular complexity index is 1000. The van der Waals surface area contributed by atoms with Crippen LogP contribution in [0.1, 0.15) is 5.56 Å². The lowest BCUT2D eigenvalue weighted by molar-refractivity contribution is -0.0506. The molecule has 3 rings (SSSR count). The van der Waals surface area contributed by atoms with E-state index in [1.807, 2.05) is 25.1 Å². The molecule has 1 aromatic carbocycles. The van der Waals surface area contributed by atoms with Gasteiger partial charge in [0, 0.05) is 43.3 Å². The van der Waals surface area contributed by atoms with Gasteiger partial charge in [0.25, 0.3) is 5.56 Å². The molecule has 0 amide bonds. The predicted molar refractivity (Wildman–Crippen MR) is 96.4 cm³/mol. The Labute approximate surface area is 149 Å². The van der Waals surface area contributed by atoms with Crippen LogP contribution >= 0.6 is 0 Å². The predicted octanol–water partition coefficient (Wildman–Crippen LogP) is 3.26. The number of rotatable bonds is 5. The fourth-order valence-corrected chi connectivity index (χ4v) is 2.94. The summed E-state index contributed by atoms with van der Waals surface area (Å²) in [7, 11) is 5.36. The van der Waals surface area contributed by atoms with Gasteiger partial charge in [-0.15, -0.1) is 0 Å². The molecule has 0 aliphatic carbocycles. The van der Waals surface area contributed by atoms with E-state index in [0.29, 0.717) is 28.4 Å². The highest BCUT2D eigenvalue weighted by molar-refractivity contribution is 5.95. The maximum Gasteiger partial charge on any atom is 0.387 e. The van der Waals surface area contributed by atoms with Gasteiger partial charge in [-0.2, -0.15) is 8.78 Å². The zero-order valence-corrected chi connectivity index (χ0v) is 14.7. The average molecular weight is 359 g/mol. The van der Waals surface area contributed by atoms with Gasteiger partial charge in [0.1, 0.15) is 5.75 Å². The fourth-order valence-electron chi connectivity index (χ4n) is 2.94. The molecule has 5 nitrogen and oxygen atoms in total. The largest absolute Gasteiger partial charge is 0.434 e. The second kappa shape index (κ2) is 7.21. The molecule has 0 radical (unpaired) electrons. The van der Waals surface area contributed by atoms with Crippen LogP contribution in [0.25, 0.3) is 21.9 Å². The van der Waals surface area contributed by atoms with Crippen molar-refractivity contribution in [1.29, 1.82) is 0 Å². The van der Waals surface area contributed by atoms with Gasteiger partial charge in [-0.05, 0) is 37.2 Å². The van der Waals surface area contributed by atoms with E-state index in [2.05, 4.69) is 4.98 Å². The maximum absolute atomic E-state index is 12.9. The lowest BCUT2D eigenvalue weighted by Gasteiger charge is -2.17. The standard InChI is InChI=1S/C19H19F2N3O2/c1-23(2)10-13-5-4-12(8-17(13)26-19(20)21)16-11-24(3)18(25)15-9-22-7-6-14(15)16/h4-9,11,19H,10H2,1-3H3. The Morgan fingerprint density at radius 1 is 1.23 bits per heavy atom. The molecule has 0 aliphatic heterocycles. The Kier molecular flexibility index (Phi) is 4.99. The Balaban J connectivity index is 2.20. The summed E-state index contributed by atoms with van der Waals surface area (Å²) in [5.74, 6) is 0.127. The molecule has 0 fully saturated rings. The third-order valence-electron chi connectivity index (χ3n) is 4.07. The normalized spacial score (nSPS) is 11.5. The molecule has 0 unspecified atom stereocenters. The van der Waals surface area contributed by atoms with Gasteiger partial charge < -0.3 is 14.2 Å². The van der Waals surface area contributed by atoms with Gasteiger partial charge in [0.05, 0.1) is 5.39 Å². The van der Waals surface area contributed by atoms with Crippen LogP contribution < -0.4 is 10.3 Å². The van der Waals surface area contributed by atoms with Gasteiger partial charge in [-0.25, -0.2) is 0 Å². The van der Waals surface area contributed by atoms with Crippen LogP contribution in [0.5, 0.6) is 5.75 Å². The highest BCUT2D eigenvalue weighted by Crippen LogP contribution is 2.32. The minimum Gasteiger partial charge on any atom is -0.434 e. The molecular formula is C19H19F2N3O2. The first-order valence-electron chi connectivity index (χ1n) is 8.03. The van der Waals surface area contributed by atoms with E-state index in [0.717, 1.165) is 5.56 Å². The summed E-state index contributed by atoms with van der Waals surface area (Å²) in [5, 5.41) is 1.19. The lowest BCUT2D eigenvalue weighted by atomic mass is 10.00. The van der Waals surface area contributed by atoms with E-state index in [4.69, 9.17) is 4.74 Å². The van der Waals surface area contributed by atoms with Crippen molar-refractivity contribution >= 4 is 10.8 Å². The van der Waals surface area contributed by atoms with Crippen molar-refractivity contribution in [2.75, 3.05) is 14.1 Å². The van der Waals surface area contributed by atoms with Crippen LogP contribution in [0, 0.1) is 0 Å². The molecule has 0 saturated heterocycles. The van der Waals surface area contributed by atoms with Crippen LogP contribution in [0.3, 0.4) is 0 Å². The number of pyridine rings is 2. The monoisotopic (exact) mass is 359 g/mol. The molecule has 0 aliphatic rings. The summed E-state index contributed by atoms with van der Waals surface area (Å²) in [6.45, 7) is -2.44. The second-order valence-electron chi connectivity index (χ2n) is 6.32. The Hall–Kier alpha value is -2.80. The van der Waals surface area contributed by atoms with E-state index in [9.17, 15) is 13.6 Å². The van der Waals surface area contributed by atoms with E-state index in [1.165, 1.54) is 10.8 Å². The number of hydrogen-bond donors (Lipinski definition) is 0. The first kappa shape index (κ1) is 18.0. The molecule has 7 heteroatoms. The fraction of sp³-hybridized carbons (Fsp3) is 0.263. The molecule has 0 N–H and O–H groups in total. The molecule has 0 spiro atoms. The lowest BCUT2D eigenvalue weighted by Crippen LogP contribution is -2.17. The summed E-state index contributed by atoms with van der Waals surface area (Å²) in [6, 6.07) is 6.94. The SMILES string of the molecule is CN(C)Cc1ccc(-c2cn(C)c(=O)c3cnccc23)cc1OC(F)F. The van der Waals surface area contributed by atoms with Crippen molar-refractivity contribution in [1.82, 2.24) is 14.5 Å². The van der Waals surface area contributed by atoms with Crippen molar-refractivity contribution in [3.05, 3.63) is 58.8 Å². The zero-order chi connectivity index (χ0) is 18.8. The summed E-state index contributed by atoms with van der Waals surface area (Å²) >= 11 is 0. The van der Waals surface area contributed by atoms with Gasteiger partial charge >= 0.3 is 6.61 Å². The average Bonchev–Trinajstić information content (AvgIpc) is 2.59. The summed E-state index contributed by atoms with van der Waals surface area (Å²) < 4.78 is 31.9. The van der Waals surface area contributed by atoms with Gasteiger partial charge in [0.2, 0.25) is 0 Å². The van der Waals surface area contributed by atoms with Gasteiger partial charge in [0.15, 0.2) is 0 Å². The summed E-state index contributed by atoms with van der Waals surface area (Å²) in [5.41, 5.74) is 1.94. The van der Waals surface area contributed by atoms with Gasteiger partial charge in [-0.3, -0.25) is 9.78 Å². The number of aromatic nitrogens is 2. The molecule has 2 aromatic heterocycles. The van der Waals surface area contributed by atoms with E-state index < -0.39 is 6.61 Å². The molecular weight excluding hydrogens is 340 g/mol. The highest BCUT2D eigenvalue weighted by atomic mass is 19.3. The van der Waals surface area contributed by atoms with Crippen molar-refractivity contribution in [2.45, 2.75) is 13.2 Å². The maximum atomic E-state index is 12.9. The molecule has 0 atom stereocenters. The third-order valence-corrected chi connectivity index (χ3v) is 4.07. The smallest absolute Gasteiger partial charge is 0.387 e. The van der Waals surface area contributed by atoms with E-state index >= 15 is 0 Å². The first-order chi connectivity index (χ1) is 12.4. The molecule has 136 valence electrons. The minimum atomic E-state index is -2.91. The van der Waals surface area contributed by atoms with Crippen LogP contribution in [-0.2, 0) is 13.6 Å². The van der Waals surface area contributed by atoms with Crippen LogP contribution in [0.15, 0.2) is 47.7 Å². The van der Waals surface area contributed by atoms with Crippen LogP contribution in [0.4, 0.5) is 8.78 Å². The summed E-state index contributed by atoms with van der Waals surface area (Å²) in [6.07, 6.45) is 4.80. The van der Waals surface area contributed by atoms with Crippen molar-refractivity contribution in [2.24, 2.45) is 7.05 Å². The third kappa shape index (κ3) is 3.57. The second-order valence-corrected chi connectivity index (χ2v) is 6.32. The number of aryl methyl sites for hydroxylation is 1. The number of fused-ring (bicyclic) bond motifs is 1. The number of nitrogens with zero attached hydrogens (tertiary/aromatic N) is 3. The topological polar surface area (TPSA) is 47.4 Å². The molecule has 3 aromatic rings. The number of halogens is 2. The highest BCUT2D eigenvalue weighted by Gasteiger charge is 2.15. The first-order valence-corrected chi connectivity index (χ1v) is 8.03. The number of alkyl halides is 2. The molecule has 0 bridgehead atoms. The van der Waals surface area contributed by atoms with E-state index in [1.54, 1.807) is 37.6 Å². The number of hydrogen-bond acceptors (Lipinski definition) is 4. The van der Waals surface area contributed by atoms with Crippen molar-refractivity contribution in [3.8, 4) is 16.9 Å². The Morgan fingerprint density at radius 2 is 2.00 bits per heavy atom. The number of ether oxygens (including phenoxy) is 1. The minimum absolute atomic E-state index is 0.127. The zero-order valence-electron chi connectivity index (χ0n) is 14.7. The van der Waals surface area contributed by atoms with Crippen molar-refractivity contribution < 1.29 is 13.5 Å². The number of benzene rings is 1. The van der Waals surface area contributed by atoms with Crippen molar-refractivity contribution in [3.63, 3.8) is 0 Å². The van der Waals surface area contributed by atoms with Crippen LogP contribution in [0.2, 0.25) is 0 Å². The molecule has 26 heavy (non-hydrogen) atoms. The summed E-state index contributed by atoms with van der Waals surface area (Å²) in [4.78, 5) is 18.2. The quantitative estimate of drug-likeness (QED) is 0.702. The molecule has 0 saturated carbocycles. The van der Waals surface area contributed by atoms with Crippen LogP contribution in [-0.4, -0.2) is 35.2 Å².